The molecule has 1 aromatic heterocycles. The molecule has 1 heterocycles. The Morgan fingerprint density at radius 1 is 1.37 bits per heavy atom. The second-order valence-corrected chi connectivity index (χ2v) is 5.93. The average Bonchev–Trinajstić information content (AvgIpc) is 2.75. The standard InChI is InChI=1S/C15H18N2OS/c1-4-11(2)19-15-14(10-18)12(3)16-17(15)13-8-6-5-7-9-13/h5-11H,4H2,1-3H3. The summed E-state index contributed by atoms with van der Waals surface area (Å²) in [5, 5.41) is 5.90. The summed E-state index contributed by atoms with van der Waals surface area (Å²) in [5.74, 6) is 0. The van der Waals surface area contributed by atoms with Crippen molar-refractivity contribution in [3.8, 4) is 5.69 Å². The Morgan fingerprint density at radius 3 is 2.63 bits per heavy atom. The van der Waals surface area contributed by atoms with Crippen molar-refractivity contribution in [3.63, 3.8) is 0 Å². The highest BCUT2D eigenvalue weighted by Gasteiger charge is 2.18. The summed E-state index contributed by atoms with van der Waals surface area (Å²) >= 11 is 1.71. The van der Waals surface area contributed by atoms with Crippen molar-refractivity contribution in [2.24, 2.45) is 0 Å². The van der Waals surface area contributed by atoms with Crippen molar-refractivity contribution < 1.29 is 4.79 Å². The Kier molecular flexibility index (Phi) is 4.43. The zero-order valence-corrected chi connectivity index (χ0v) is 12.3. The van der Waals surface area contributed by atoms with Crippen molar-refractivity contribution in [2.75, 3.05) is 0 Å². The number of hydrogen-bond acceptors (Lipinski definition) is 3. The van der Waals surface area contributed by atoms with E-state index in [0.29, 0.717) is 10.8 Å². The molecule has 0 aliphatic rings. The van der Waals surface area contributed by atoms with Crippen LogP contribution in [-0.2, 0) is 0 Å². The predicted molar refractivity (Wildman–Crippen MR) is 79.3 cm³/mol. The van der Waals surface area contributed by atoms with Crippen molar-refractivity contribution in [3.05, 3.63) is 41.6 Å². The number of nitrogens with zero attached hydrogens (tertiary/aromatic N) is 2. The molecule has 2 rings (SSSR count). The van der Waals surface area contributed by atoms with Gasteiger partial charge in [0.2, 0.25) is 0 Å². The van der Waals surface area contributed by atoms with Gasteiger partial charge in [-0.15, -0.1) is 11.8 Å². The van der Waals surface area contributed by atoms with Crippen molar-refractivity contribution in [1.82, 2.24) is 9.78 Å². The van der Waals surface area contributed by atoms with Gasteiger partial charge in [0, 0.05) is 5.25 Å². The topological polar surface area (TPSA) is 34.9 Å². The first-order valence-electron chi connectivity index (χ1n) is 6.44. The molecule has 0 saturated heterocycles. The SMILES string of the molecule is CCC(C)Sc1c(C=O)c(C)nn1-c1ccccc1. The number of aldehydes is 1. The molecule has 0 spiro atoms. The van der Waals surface area contributed by atoms with E-state index in [2.05, 4.69) is 18.9 Å². The van der Waals surface area contributed by atoms with E-state index in [1.165, 1.54) is 0 Å². The third-order valence-electron chi connectivity index (χ3n) is 3.07. The van der Waals surface area contributed by atoms with Gasteiger partial charge in [0.1, 0.15) is 5.03 Å². The fourth-order valence-corrected chi connectivity index (χ4v) is 2.90. The van der Waals surface area contributed by atoms with Crippen LogP contribution in [0.25, 0.3) is 5.69 Å². The van der Waals surface area contributed by atoms with Gasteiger partial charge in [-0.3, -0.25) is 4.79 Å². The van der Waals surface area contributed by atoms with Crippen LogP contribution in [0.5, 0.6) is 0 Å². The van der Waals surface area contributed by atoms with Crippen LogP contribution >= 0.6 is 11.8 Å². The molecule has 2 aromatic rings. The van der Waals surface area contributed by atoms with E-state index < -0.39 is 0 Å². The molecular weight excluding hydrogens is 256 g/mol. The Hall–Kier alpha value is -1.55. The van der Waals surface area contributed by atoms with E-state index in [0.717, 1.165) is 29.1 Å². The minimum Gasteiger partial charge on any atom is -0.298 e. The molecule has 3 nitrogen and oxygen atoms in total. The lowest BCUT2D eigenvalue weighted by Gasteiger charge is -2.11. The molecule has 0 aliphatic carbocycles. The number of aromatic nitrogens is 2. The summed E-state index contributed by atoms with van der Waals surface area (Å²) in [7, 11) is 0. The van der Waals surface area contributed by atoms with Gasteiger partial charge in [-0.2, -0.15) is 5.10 Å². The van der Waals surface area contributed by atoms with Crippen LogP contribution in [-0.4, -0.2) is 21.3 Å². The number of hydrogen-bond donors (Lipinski definition) is 0. The largest absolute Gasteiger partial charge is 0.298 e. The number of carbonyl (C=O) groups excluding carboxylic acids is 1. The average molecular weight is 274 g/mol. The van der Waals surface area contributed by atoms with E-state index in [9.17, 15) is 4.79 Å². The number of benzene rings is 1. The van der Waals surface area contributed by atoms with Crippen molar-refractivity contribution in [2.45, 2.75) is 37.5 Å². The first-order chi connectivity index (χ1) is 9.17. The fraction of sp³-hybridized carbons (Fsp3) is 0.333. The molecule has 0 saturated carbocycles. The van der Waals surface area contributed by atoms with Gasteiger partial charge in [0.15, 0.2) is 6.29 Å². The van der Waals surface area contributed by atoms with Gasteiger partial charge >= 0.3 is 0 Å². The van der Waals surface area contributed by atoms with Crippen LogP contribution in [0.1, 0.15) is 36.3 Å². The lowest BCUT2D eigenvalue weighted by atomic mass is 10.3. The lowest BCUT2D eigenvalue weighted by Crippen LogP contribution is -2.02. The number of thioether (sulfide) groups is 1. The molecule has 1 atom stereocenters. The normalized spacial score (nSPS) is 12.4. The maximum Gasteiger partial charge on any atom is 0.154 e. The predicted octanol–water partition coefficient (Wildman–Crippen LogP) is 3.88. The second kappa shape index (κ2) is 6.06. The molecule has 4 heteroatoms. The van der Waals surface area contributed by atoms with Crippen molar-refractivity contribution >= 4 is 18.0 Å². The highest BCUT2D eigenvalue weighted by Crippen LogP contribution is 2.31. The number of rotatable bonds is 5. The molecule has 0 bridgehead atoms. The van der Waals surface area contributed by atoms with Gasteiger partial charge in [-0.1, -0.05) is 32.0 Å². The van der Waals surface area contributed by atoms with Gasteiger partial charge in [0.05, 0.1) is 16.9 Å². The highest BCUT2D eigenvalue weighted by molar-refractivity contribution is 7.99. The van der Waals surface area contributed by atoms with Gasteiger partial charge in [-0.05, 0) is 25.5 Å². The zero-order valence-electron chi connectivity index (χ0n) is 11.5. The van der Waals surface area contributed by atoms with Crippen LogP contribution in [0.2, 0.25) is 0 Å². The lowest BCUT2D eigenvalue weighted by molar-refractivity contribution is 0.112. The van der Waals surface area contributed by atoms with E-state index in [1.807, 2.05) is 41.9 Å². The van der Waals surface area contributed by atoms with E-state index >= 15 is 0 Å². The van der Waals surface area contributed by atoms with Crippen molar-refractivity contribution in [1.29, 1.82) is 0 Å². The van der Waals surface area contributed by atoms with E-state index in [-0.39, 0.29) is 0 Å². The maximum absolute atomic E-state index is 11.3. The van der Waals surface area contributed by atoms with Gasteiger partial charge < -0.3 is 0 Å². The Labute approximate surface area is 118 Å². The molecule has 1 unspecified atom stereocenters. The summed E-state index contributed by atoms with van der Waals surface area (Å²) < 4.78 is 1.87. The van der Waals surface area contributed by atoms with Crippen LogP contribution < -0.4 is 0 Å². The summed E-state index contributed by atoms with van der Waals surface area (Å²) in [5.41, 5.74) is 2.48. The molecule has 0 radical (unpaired) electrons. The Balaban J connectivity index is 2.51. The highest BCUT2D eigenvalue weighted by atomic mass is 32.2. The second-order valence-electron chi connectivity index (χ2n) is 4.51. The minimum atomic E-state index is 0.456. The van der Waals surface area contributed by atoms with Crippen LogP contribution in [0.15, 0.2) is 35.4 Å². The summed E-state index contributed by atoms with van der Waals surface area (Å²) in [4.78, 5) is 11.3. The van der Waals surface area contributed by atoms with E-state index in [1.54, 1.807) is 11.8 Å². The summed E-state index contributed by atoms with van der Waals surface area (Å²) in [6.45, 7) is 6.19. The molecule has 0 amide bonds. The van der Waals surface area contributed by atoms with Crippen LogP contribution in [0.4, 0.5) is 0 Å². The Morgan fingerprint density at radius 2 is 2.05 bits per heavy atom. The number of para-hydroxylation sites is 1. The van der Waals surface area contributed by atoms with Crippen LogP contribution in [0.3, 0.4) is 0 Å². The number of aryl methyl sites for hydroxylation is 1. The maximum atomic E-state index is 11.3. The summed E-state index contributed by atoms with van der Waals surface area (Å²) in [6, 6.07) is 9.93. The molecule has 100 valence electrons. The zero-order chi connectivity index (χ0) is 13.8. The molecule has 19 heavy (non-hydrogen) atoms. The first-order valence-corrected chi connectivity index (χ1v) is 7.32. The molecule has 0 N–H and O–H groups in total. The summed E-state index contributed by atoms with van der Waals surface area (Å²) in [6.07, 6.45) is 1.97. The van der Waals surface area contributed by atoms with Gasteiger partial charge in [0.25, 0.3) is 0 Å². The Bertz CT molecular complexity index is 563. The smallest absolute Gasteiger partial charge is 0.154 e. The van der Waals surface area contributed by atoms with Gasteiger partial charge in [-0.25, -0.2) is 4.68 Å². The third-order valence-corrected chi connectivity index (χ3v) is 4.42. The monoisotopic (exact) mass is 274 g/mol. The number of carbonyl (C=O) groups is 1. The fourth-order valence-electron chi connectivity index (χ4n) is 1.79. The van der Waals surface area contributed by atoms with Crippen LogP contribution in [0, 0.1) is 6.92 Å². The quantitative estimate of drug-likeness (QED) is 0.613. The van der Waals surface area contributed by atoms with E-state index in [4.69, 9.17) is 0 Å². The molecule has 0 fully saturated rings. The molecule has 1 aromatic carbocycles. The molecule has 0 aliphatic heterocycles. The third kappa shape index (κ3) is 2.89. The first kappa shape index (κ1) is 13.9. The molecular formula is C15H18N2OS. The minimum absolute atomic E-state index is 0.456.